The van der Waals surface area contributed by atoms with Gasteiger partial charge in [-0.15, -0.1) is 0 Å². The highest BCUT2D eigenvalue weighted by Gasteiger charge is 2.27. The number of carbonyl (C=O) groups excluding carboxylic acids is 1. The van der Waals surface area contributed by atoms with Crippen LogP contribution in [0.3, 0.4) is 0 Å². The molecule has 0 unspecified atom stereocenters. The third-order valence-corrected chi connectivity index (χ3v) is 6.24. The molecule has 0 spiro atoms. The molecule has 2 aliphatic heterocycles. The summed E-state index contributed by atoms with van der Waals surface area (Å²) in [5.41, 5.74) is 1.64. The molecule has 1 N–H and O–H groups in total. The first-order valence-corrected chi connectivity index (χ1v) is 11.2. The lowest BCUT2D eigenvalue weighted by Crippen LogP contribution is -2.49. The number of hydrogen-bond donors (Lipinski definition) is 1. The van der Waals surface area contributed by atoms with Crippen LogP contribution in [0, 0.1) is 18.3 Å². The van der Waals surface area contributed by atoms with E-state index in [1.807, 2.05) is 11.0 Å². The van der Waals surface area contributed by atoms with Gasteiger partial charge in [0.05, 0.1) is 50.0 Å². The summed E-state index contributed by atoms with van der Waals surface area (Å²) in [7, 11) is 0. The van der Waals surface area contributed by atoms with E-state index in [2.05, 4.69) is 30.0 Å². The summed E-state index contributed by atoms with van der Waals surface area (Å²) in [6.07, 6.45) is 7.12. The normalized spacial score (nSPS) is 18.4. The van der Waals surface area contributed by atoms with Crippen LogP contribution in [0.25, 0.3) is 0 Å². The summed E-state index contributed by atoms with van der Waals surface area (Å²) >= 11 is 0. The van der Waals surface area contributed by atoms with Gasteiger partial charge < -0.3 is 19.4 Å². The van der Waals surface area contributed by atoms with Gasteiger partial charge in [0.25, 0.3) is 5.56 Å². The molecular formula is C22H28N8O3. The minimum absolute atomic E-state index is 0.0819. The Kier molecular flexibility index (Phi) is 7.14. The summed E-state index contributed by atoms with van der Waals surface area (Å²) < 4.78 is 5.86. The first kappa shape index (κ1) is 22.7. The van der Waals surface area contributed by atoms with E-state index < -0.39 is 0 Å². The molecule has 1 atom stereocenters. The van der Waals surface area contributed by atoms with Crippen molar-refractivity contribution in [2.24, 2.45) is 0 Å². The van der Waals surface area contributed by atoms with Crippen molar-refractivity contribution in [3.8, 4) is 6.07 Å². The number of nitrogens with one attached hydrogen (secondary N) is 1. The molecule has 2 saturated heterocycles. The van der Waals surface area contributed by atoms with E-state index in [9.17, 15) is 9.59 Å². The maximum absolute atomic E-state index is 12.6. The number of aromatic amines is 1. The SMILES string of the molecule is Cc1c(N2CCC[C@H]2COCCC(=O)N2CCN(c3cnc(C#N)cn3)CC2)cn[nH]c1=O. The van der Waals surface area contributed by atoms with E-state index in [0.717, 1.165) is 30.9 Å². The molecule has 174 valence electrons. The molecule has 1 amide bonds. The predicted octanol–water partition coefficient (Wildman–Crippen LogP) is 0.464. The molecule has 11 heteroatoms. The molecule has 4 heterocycles. The van der Waals surface area contributed by atoms with Gasteiger partial charge in [-0.25, -0.2) is 15.1 Å². The van der Waals surface area contributed by atoms with Gasteiger partial charge >= 0.3 is 0 Å². The molecule has 2 fully saturated rings. The predicted molar refractivity (Wildman–Crippen MR) is 121 cm³/mol. The van der Waals surface area contributed by atoms with Crippen molar-refractivity contribution in [2.75, 3.05) is 55.7 Å². The fourth-order valence-electron chi connectivity index (χ4n) is 4.33. The summed E-state index contributed by atoms with van der Waals surface area (Å²) in [4.78, 5) is 38.9. The zero-order chi connectivity index (χ0) is 23.2. The molecule has 2 aliphatic rings. The Morgan fingerprint density at radius 3 is 2.76 bits per heavy atom. The maximum atomic E-state index is 12.6. The van der Waals surface area contributed by atoms with Gasteiger partial charge in [0.1, 0.15) is 11.9 Å². The second-order valence-electron chi connectivity index (χ2n) is 8.26. The molecular weight excluding hydrogens is 424 g/mol. The van der Waals surface area contributed by atoms with Crippen LogP contribution in [0.2, 0.25) is 0 Å². The van der Waals surface area contributed by atoms with Crippen LogP contribution in [0.5, 0.6) is 0 Å². The lowest BCUT2D eigenvalue weighted by molar-refractivity contribution is -0.132. The minimum Gasteiger partial charge on any atom is -0.379 e. The van der Waals surface area contributed by atoms with Crippen molar-refractivity contribution in [1.82, 2.24) is 25.1 Å². The smallest absolute Gasteiger partial charge is 0.269 e. The molecule has 11 nitrogen and oxygen atoms in total. The average molecular weight is 453 g/mol. The van der Waals surface area contributed by atoms with E-state index in [1.165, 1.54) is 6.20 Å². The summed E-state index contributed by atoms with van der Waals surface area (Å²) in [5, 5.41) is 15.2. The van der Waals surface area contributed by atoms with E-state index >= 15 is 0 Å². The number of amides is 1. The molecule has 2 aromatic rings. The summed E-state index contributed by atoms with van der Waals surface area (Å²) in [6.45, 7) is 6.14. The first-order chi connectivity index (χ1) is 16.1. The van der Waals surface area contributed by atoms with E-state index in [-0.39, 0.29) is 23.2 Å². The number of piperazine rings is 1. The number of hydrogen-bond acceptors (Lipinski definition) is 9. The molecule has 0 saturated carbocycles. The van der Waals surface area contributed by atoms with Crippen molar-refractivity contribution in [3.05, 3.63) is 40.2 Å². The van der Waals surface area contributed by atoms with Crippen molar-refractivity contribution < 1.29 is 9.53 Å². The molecule has 2 aromatic heterocycles. The van der Waals surface area contributed by atoms with Crippen LogP contribution in [0.4, 0.5) is 11.5 Å². The number of ether oxygens (including phenoxy) is 1. The second-order valence-corrected chi connectivity index (χ2v) is 8.26. The van der Waals surface area contributed by atoms with E-state index in [0.29, 0.717) is 51.4 Å². The first-order valence-electron chi connectivity index (χ1n) is 11.2. The second kappa shape index (κ2) is 10.4. The number of rotatable bonds is 7. The summed E-state index contributed by atoms with van der Waals surface area (Å²) in [5.74, 6) is 0.801. The van der Waals surface area contributed by atoms with Gasteiger partial charge in [0, 0.05) is 38.3 Å². The summed E-state index contributed by atoms with van der Waals surface area (Å²) in [6, 6.07) is 2.14. The third kappa shape index (κ3) is 5.28. The molecule has 0 aliphatic carbocycles. The number of nitrogens with zero attached hydrogens (tertiary/aromatic N) is 7. The van der Waals surface area contributed by atoms with Crippen molar-refractivity contribution in [2.45, 2.75) is 32.2 Å². The van der Waals surface area contributed by atoms with Crippen molar-refractivity contribution in [1.29, 1.82) is 5.26 Å². The highest BCUT2D eigenvalue weighted by Crippen LogP contribution is 2.26. The van der Waals surface area contributed by atoms with Gasteiger partial charge in [-0.3, -0.25) is 9.59 Å². The van der Waals surface area contributed by atoms with Gasteiger partial charge in [-0.2, -0.15) is 10.4 Å². The third-order valence-electron chi connectivity index (χ3n) is 6.24. The van der Waals surface area contributed by atoms with Crippen LogP contribution in [-0.4, -0.2) is 83.0 Å². The van der Waals surface area contributed by atoms with E-state index in [1.54, 1.807) is 19.3 Å². The Balaban J connectivity index is 1.19. The largest absolute Gasteiger partial charge is 0.379 e. The Bertz CT molecular complexity index is 1060. The van der Waals surface area contributed by atoms with Crippen LogP contribution in [0.1, 0.15) is 30.5 Å². The number of nitriles is 1. The fourth-order valence-corrected chi connectivity index (χ4v) is 4.33. The fraction of sp³-hybridized carbons (Fsp3) is 0.545. The monoisotopic (exact) mass is 452 g/mol. The molecule has 33 heavy (non-hydrogen) atoms. The van der Waals surface area contributed by atoms with Gasteiger partial charge in [-0.05, 0) is 19.8 Å². The standard InChI is InChI=1S/C22H28N8O3/c1-16-19(13-26-27-22(16)32)30-5-2-3-18(30)15-33-10-4-21(31)29-8-6-28(7-9-29)20-14-24-17(11-23)12-25-20/h12-14,18H,2-10,15H2,1H3,(H,27,32)/t18-/m0/s1. The molecule has 0 aromatic carbocycles. The number of H-pyrrole nitrogens is 1. The minimum atomic E-state index is -0.170. The van der Waals surface area contributed by atoms with E-state index in [4.69, 9.17) is 10.00 Å². The zero-order valence-corrected chi connectivity index (χ0v) is 18.7. The average Bonchev–Trinajstić information content (AvgIpc) is 3.32. The number of carbonyl (C=O) groups is 1. The number of anilines is 2. The van der Waals surface area contributed by atoms with Crippen molar-refractivity contribution >= 4 is 17.4 Å². The highest BCUT2D eigenvalue weighted by atomic mass is 16.5. The van der Waals surface area contributed by atoms with Gasteiger partial charge in [0.2, 0.25) is 5.91 Å². The van der Waals surface area contributed by atoms with Crippen LogP contribution < -0.4 is 15.4 Å². The Morgan fingerprint density at radius 2 is 2.03 bits per heavy atom. The lowest BCUT2D eigenvalue weighted by atomic mass is 10.2. The zero-order valence-electron chi connectivity index (χ0n) is 18.7. The molecule has 4 rings (SSSR count). The number of aromatic nitrogens is 4. The molecule has 0 radical (unpaired) electrons. The topological polar surface area (TPSA) is 131 Å². The Labute approximate surface area is 192 Å². The van der Waals surface area contributed by atoms with Gasteiger partial charge in [0.15, 0.2) is 5.69 Å². The maximum Gasteiger partial charge on any atom is 0.269 e. The van der Waals surface area contributed by atoms with Crippen LogP contribution >= 0.6 is 0 Å². The highest BCUT2D eigenvalue weighted by molar-refractivity contribution is 5.76. The van der Waals surface area contributed by atoms with Crippen LogP contribution in [0.15, 0.2) is 23.4 Å². The van der Waals surface area contributed by atoms with Crippen molar-refractivity contribution in [3.63, 3.8) is 0 Å². The van der Waals surface area contributed by atoms with Crippen LogP contribution in [-0.2, 0) is 9.53 Å². The Morgan fingerprint density at radius 1 is 1.21 bits per heavy atom. The van der Waals surface area contributed by atoms with Gasteiger partial charge in [-0.1, -0.05) is 0 Å². The lowest BCUT2D eigenvalue weighted by Gasteiger charge is -2.35. The Hall–Kier alpha value is -3.52. The molecule has 0 bridgehead atoms. The quantitative estimate of drug-likeness (QED) is 0.595.